The van der Waals surface area contributed by atoms with E-state index in [1.807, 2.05) is 6.07 Å². The van der Waals surface area contributed by atoms with Gasteiger partial charge in [-0.05, 0) is 24.3 Å². The van der Waals surface area contributed by atoms with Gasteiger partial charge >= 0.3 is 11.9 Å². The Hall–Kier alpha value is -2.88. The van der Waals surface area contributed by atoms with Crippen LogP contribution in [-0.2, 0) is 4.74 Å². The van der Waals surface area contributed by atoms with E-state index in [-0.39, 0.29) is 17.7 Å². The van der Waals surface area contributed by atoms with Gasteiger partial charge in [0, 0.05) is 0 Å². The molecule has 0 unspecified atom stereocenters. The fourth-order valence-corrected chi connectivity index (χ4v) is 1.70. The predicted molar refractivity (Wildman–Crippen MR) is 78.3 cm³/mol. The normalized spacial score (nSPS) is 9.71. The molecule has 4 nitrogen and oxygen atoms in total. The minimum absolute atomic E-state index is 0.0842. The lowest BCUT2D eigenvalue weighted by Gasteiger charge is -2.08. The summed E-state index contributed by atoms with van der Waals surface area (Å²) in [6.45, 7) is 3.56. The number of hydrogen-bond donors (Lipinski definition) is 0. The van der Waals surface area contributed by atoms with Crippen LogP contribution >= 0.6 is 0 Å². The van der Waals surface area contributed by atoms with Gasteiger partial charge in [0.15, 0.2) is 0 Å². The molecule has 0 aliphatic heterocycles. The van der Waals surface area contributed by atoms with Crippen molar-refractivity contribution in [2.45, 2.75) is 0 Å². The third-order valence-electron chi connectivity index (χ3n) is 2.65. The fraction of sp³-hybridized carbons (Fsp3) is 0.0588. The van der Waals surface area contributed by atoms with Gasteiger partial charge in [0.05, 0.1) is 11.1 Å². The minimum Gasteiger partial charge on any atom is -0.458 e. The van der Waals surface area contributed by atoms with Crippen molar-refractivity contribution in [3.8, 4) is 5.75 Å². The van der Waals surface area contributed by atoms with E-state index in [0.29, 0.717) is 5.75 Å². The summed E-state index contributed by atoms with van der Waals surface area (Å²) in [6, 6.07) is 15.0. The maximum Gasteiger partial charge on any atom is 0.344 e. The third kappa shape index (κ3) is 3.79. The molecule has 0 heterocycles. The van der Waals surface area contributed by atoms with Crippen LogP contribution < -0.4 is 4.74 Å². The lowest BCUT2D eigenvalue weighted by molar-refractivity contribution is 0.0539. The zero-order valence-corrected chi connectivity index (χ0v) is 11.3. The molecule has 2 aromatic carbocycles. The van der Waals surface area contributed by atoms with E-state index in [9.17, 15) is 9.59 Å². The molecule has 0 spiro atoms. The Balaban J connectivity index is 2.21. The molecule has 0 radical (unpaired) electrons. The Morgan fingerprint density at radius 3 is 2.10 bits per heavy atom. The maximum absolute atomic E-state index is 12.2. The van der Waals surface area contributed by atoms with Crippen LogP contribution in [0.15, 0.2) is 67.3 Å². The van der Waals surface area contributed by atoms with E-state index >= 15 is 0 Å². The average molecular weight is 282 g/mol. The summed E-state index contributed by atoms with van der Waals surface area (Å²) in [4.78, 5) is 24.1. The van der Waals surface area contributed by atoms with Crippen molar-refractivity contribution in [1.29, 1.82) is 0 Å². The van der Waals surface area contributed by atoms with Gasteiger partial charge in [0.1, 0.15) is 12.4 Å². The van der Waals surface area contributed by atoms with Crippen LogP contribution in [0, 0.1) is 0 Å². The Morgan fingerprint density at radius 2 is 1.48 bits per heavy atom. The summed E-state index contributed by atoms with van der Waals surface area (Å²) in [7, 11) is 0. The van der Waals surface area contributed by atoms with Gasteiger partial charge in [-0.25, -0.2) is 9.59 Å². The van der Waals surface area contributed by atoms with Gasteiger partial charge in [-0.2, -0.15) is 0 Å². The molecular weight excluding hydrogens is 268 g/mol. The molecule has 0 saturated carbocycles. The van der Waals surface area contributed by atoms with Gasteiger partial charge in [-0.15, -0.1) is 0 Å². The second kappa shape index (κ2) is 7.05. The van der Waals surface area contributed by atoms with Crippen molar-refractivity contribution in [3.05, 3.63) is 78.4 Å². The zero-order chi connectivity index (χ0) is 15.1. The van der Waals surface area contributed by atoms with Crippen LogP contribution in [0.5, 0.6) is 5.75 Å². The standard InChI is InChI=1S/C17H14O4/c1-2-12-20-16(18)14-10-6-7-11-15(14)17(19)21-13-8-4-3-5-9-13/h2-11H,1,12H2. The van der Waals surface area contributed by atoms with Crippen LogP contribution in [-0.4, -0.2) is 18.5 Å². The Kier molecular flexibility index (Phi) is 4.88. The maximum atomic E-state index is 12.2. The number of benzene rings is 2. The van der Waals surface area contributed by atoms with E-state index in [4.69, 9.17) is 9.47 Å². The largest absolute Gasteiger partial charge is 0.458 e. The molecule has 0 atom stereocenters. The molecule has 21 heavy (non-hydrogen) atoms. The van der Waals surface area contributed by atoms with Crippen molar-refractivity contribution in [3.63, 3.8) is 0 Å². The van der Waals surface area contributed by atoms with E-state index < -0.39 is 11.9 Å². The molecule has 0 aliphatic rings. The highest BCUT2D eigenvalue weighted by Gasteiger charge is 2.19. The Morgan fingerprint density at radius 1 is 0.905 bits per heavy atom. The SMILES string of the molecule is C=CCOC(=O)c1ccccc1C(=O)Oc1ccccc1. The molecule has 2 rings (SSSR count). The number of ether oxygens (including phenoxy) is 2. The molecule has 0 amide bonds. The highest BCUT2D eigenvalue weighted by Crippen LogP contribution is 2.15. The molecule has 0 aromatic heterocycles. The molecule has 106 valence electrons. The molecular formula is C17H14O4. The zero-order valence-electron chi connectivity index (χ0n) is 11.3. The van der Waals surface area contributed by atoms with Crippen molar-refractivity contribution in [1.82, 2.24) is 0 Å². The summed E-state index contributed by atoms with van der Waals surface area (Å²) in [6.07, 6.45) is 1.46. The number of carbonyl (C=O) groups is 2. The lowest BCUT2D eigenvalue weighted by Crippen LogP contribution is -2.15. The van der Waals surface area contributed by atoms with Gasteiger partial charge < -0.3 is 9.47 Å². The smallest absolute Gasteiger partial charge is 0.344 e. The number of hydrogen-bond acceptors (Lipinski definition) is 4. The molecule has 0 saturated heterocycles. The Labute approximate surface area is 122 Å². The number of rotatable bonds is 5. The van der Waals surface area contributed by atoms with E-state index in [1.165, 1.54) is 18.2 Å². The molecule has 2 aromatic rings. The number of para-hydroxylation sites is 1. The molecule has 0 N–H and O–H groups in total. The first-order chi connectivity index (χ1) is 10.2. The van der Waals surface area contributed by atoms with Crippen LogP contribution in [0.2, 0.25) is 0 Å². The molecule has 4 heteroatoms. The van der Waals surface area contributed by atoms with Crippen molar-refractivity contribution in [2.24, 2.45) is 0 Å². The summed E-state index contributed by atoms with van der Waals surface area (Å²) in [5.74, 6) is -0.778. The first kappa shape index (κ1) is 14.5. The van der Waals surface area contributed by atoms with Gasteiger partial charge in [-0.3, -0.25) is 0 Å². The second-order valence-electron chi connectivity index (χ2n) is 4.14. The monoisotopic (exact) mass is 282 g/mol. The summed E-state index contributed by atoms with van der Waals surface area (Å²) < 4.78 is 10.2. The molecule has 0 bridgehead atoms. The van der Waals surface area contributed by atoms with Crippen molar-refractivity contribution in [2.75, 3.05) is 6.61 Å². The van der Waals surface area contributed by atoms with E-state index in [0.717, 1.165) is 0 Å². The second-order valence-corrected chi connectivity index (χ2v) is 4.14. The van der Waals surface area contributed by atoms with E-state index in [1.54, 1.807) is 36.4 Å². The summed E-state index contributed by atoms with van der Waals surface area (Å²) in [5, 5.41) is 0. The number of esters is 2. The molecule has 0 aliphatic carbocycles. The number of carbonyl (C=O) groups excluding carboxylic acids is 2. The average Bonchev–Trinajstić information content (AvgIpc) is 2.53. The summed E-state index contributed by atoms with van der Waals surface area (Å²) >= 11 is 0. The van der Waals surface area contributed by atoms with Crippen LogP contribution in [0.25, 0.3) is 0 Å². The first-order valence-electron chi connectivity index (χ1n) is 6.36. The summed E-state index contributed by atoms with van der Waals surface area (Å²) in [5.41, 5.74) is 0.329. The van der Waals surface area contributed by atoms with Crippen LogP contribution in [0.4, 0.5) is 0 Å². The van der Waals surface area contributed by atoms with Gasteiger partial charge in [0.25, 0.3) is 0 Å². The topological polar surface area (TPSA) is 52.6 Å². The predicted octanol–water partition coefficient (Wildman–Crippen LogP) is 3.25. The van der Waals surface area contributed by atoms with Crippen LogP contribution in [0.1, 0.15) is 20.7 Å². The van der Waals surface area contributed by atoms with Crippen molar-refractivity contribution >= 4 is 11.9 Å². The van der Waals surface area contributed by atoms with Gasteiger partial charge in [0.2, 0.25) is 0 Å². The quantitative estimate of drug-likeness (QED) is 0.480. The highest BCUT2D eigenvalue weighted by molar-refractivity contribution is 6.03. The fourth-order valence-electron chi connectivity index (χ4n) is 1.70. The third-order valence-corrected chi connectivity index (χ3v) is 2.65. The lowest BCUT2D eigenvalue weighted by atomic mass is 10.1. The van der Waals surface area contributed by atoms with Gasteiger partial charge in [-0.1, -0.05) is 43.0 Å². The Bertz CT molecular complexity index is 647. The first-order valence-corrected chi connectivity index (χ1v) is 6.36. The van der Waals surface area contributed by atoms with E-state index in [2.05, 4.69) is 6.58 Å². The van der Waals surface area contributed by atoms with Crippen LogP contribution in [0.3, 0.4) is 0 Å². The minimum atomic E-state index is -0.604. The highest BCUT2D eigenvalue weighted by atomic mass is 16.5. The van der Waals surface area contributed by atoms with Crippen molar-refractivity contribution < 1.29 is 19.1 Å². The molecule has 0 fully saturated rings.